The third-order valence-corrected chi connectivity index (χ3v) is 4.28. The molecule has 0 radical (unpaired) electrons. The van der Waals surface area contributed by atoms with Crippen molar-refractivity contribution in [1.29, 1.82) is 0 Å². The van der Waals surface area contributed by atoms with Gasteiger partial charge in [0.15, 0.2) is 11.5 Å². The maximum Gasteiger partial charge on any atom is 0.157 e. The van der Waals surface area contributed by atoms with Gasteiger partial charge in [-0.05, 0) is 37.1 Å². The van der Waals surface area contributed by atoms with Gasteiger partial charge >= 0.3 is 0 Å². The van der Waals surface area contributed by atoms with Crippen LogP contribution in [0, 0.1) is 0 Å². The van der Waals surface area contributed by atoms with Gasteiger partial charge in [0.2, 0.25) is 0 Å². The molecule has 0 saturated carbocycles. The summed E-state index contributed by atoms with van der Waals surface area (Å²) in [6.07, 6.45) is 3.96. The van der Waals surface area contributed by atoms with Crippen LogP contribution in [0.5, 0.6) is 0 Å². The zero-order valence-corrected chi connectivity index (χ0v) is 13.7. The predicted octanol–water partition coefficient (Wildman–Crippen LogP) is 5.00. The van der Waals surface area contributed by atoms with Gasteiger partial charge in [-0.1, -0.05) is 29.8 Å². The van der Waals surface area contributed by atoms with Crippen LogP contribution in [0.25, 0.3) is 22.4 Å². The van der Waals surface area contributed by atoms with Crippen molar-refractivity contribution in [3.05, 3.63) is 34.9 Å². The highest BCUT2D eigenvalue weighted by Crippen LogP contribution is 2.32. The van der Waals surface area contributed by atoms with E-state index in [9.17, 15) is 0 Å². The van der Waals surface area contributed by atoms with Gasteiger partial charge in [-0.15, -0.1) is 0 Å². The van der Waals surface area contributed by atoms with E-state index in [1.165, 1.54) is 0 Å². The van der Waals surface area contributed by atoms with Crippen LogP contribution in [0.15, 0.2) is 39.4 Å². The van der Waals surface area contributed by atoms with E-state index in [1.54, 1.807) is 0 Å². The Morgan fingerprint density at radius 3 is 2.76 bits per heavy atom. The summed E-state index contributed by atoms with van der Waals surface area (Å²) in [7, 11) is 0. The third kappa shape index (κ3) is 2.58. The van der Waals surface area contributed by atoms with E-state index in [1.807, 2.05) is 35.1 Å². The summed E-state index contributed by atoms with van der Waals surface area (Å²) < 4.78 is 8.85. The molecule has 0 saturated heterocycles. The first-order valence-corrected chi connectivity index (χ1v) is 7.95. The van der Waals surface area contributed by atoms with E-state index >= 15 is 0 Å². The zero-order chi connectivity index (χ0) is 15.0. The minimum atomic E-state index is 0.375. The first-order valence-electron chi connectivity index (χ1n) is 7.16. The van der Waals surface area contributed by atoms with Crippen molar-refractivity contribution in [3.8, 4) is 11.5 Å². The molecule has 0 aliphatic heterocycles. The van der Waals surface area contributed by atoms with Crippen molar-refractivity contribution in [1.82, 2.24) is 9.78 Å². The van der Waals surface area contributed by atoms with Crippen LogP contribution in [-0.2, 0) is 0 Å². The molecule has 0 amide bonds. The second-order valence-corrected chi connectivity index (χ2v) is 6.09. The SMILES string of the molecule is CCC(CC)n1cc(N)c(-c2cc3cc(Br)ccc3o2)n1. The quantitative estimate of drug-likeness (QED) is 0.722. The Bertz CT molecular complexity index is 771. The molecule has 110 valence electrons. The molecular weight excluding hydrogens is 330 g/mol. The summed E-state index contributed by atoms with van der Waals surface area (Å²) in [5, 5.41) is 5.66. The largest absolute Gasteiger partial charge is 0.454 e. The fourth-order valence-electron chi connectivity index (χ4n) is 2.58. The summed E-state index contributed by atoms with van der Waals surface area (Å²) in [6, 6.07) is 8.28. The number of halogens is 1. The topological polar surface area (TPSA) is 57.0 Å². The molecule has 0 bridgehead atoms. The fourth-order valence-corrected chi connectivity index (χ4v) is 2.96. The fraction of sp³-hybridized carbons (Fsp3) is 0.312. The normalized spacial score (nSPS) is 11.6. The lowest BCUT2D eigenvalue weighted by molar-refractivity contribution is 0.428. The van der Waals surface area contributed by atoms with E-state index in [4.69, 9.17) is 10.2 Å². The highest BCUT2D eigenvalue weighted by Gasteiger charge is 2.16. The highest BCUT2D eigenvalue weighted by molar-refractivity contribution is 9.10. The molecule has 0 spiro atoms. The summed E-state index contributed by atoms with van der Waals surface area (Å²) in [6.45, 7) is 4.31. The second-order valence-electron chi connectivity index (χ2n) is 5.18. The molecule has 2 heterocycles. The van der Waals surface area contributed by atoms with Crippen molar-refractivity contribution < 1.29 is 4.42 Å². The number of furan rings is 1. The number of hydrogen-bond acceptors (Lipinski definition) is 3. The second kappa shape index (κ2) is 5.56. The van der Waals surface area contributed by atoms with E-state index in [0.29, 0.717) is 23.2 Å². The van der Waals surface area contributed by atoms with E-state index in [0.717, 1.165) is 28.3 Å². The van der Waals surface area contributed by atoms with Crippen molar-refractivity contribution in [2.45, 2.75) is 32.7 Å². The van der Waals surface area contributed by atoms with Gasteiger partial charge in [0.05, 0.1) is 11.7 Å². The smallest absolute Gasteiger partial charge is 0.157 e. The van der Waals surface area contributed by atoms with Gasteiger partial charge in [-0.25, -0.2) is 0 Å². The number of rotatable bonds is 4. The number of benzene rings is 1. The number of aromatic nitrogens is 2. The Labute approximate surface area is 132 Å². The molecule has 3 rings (SSSR count). The van der Waals surface area contributed by atoms with Crippen LogP contribution in [0.2, 0.25) is 0 Å². The average molecular weight is 348 g/mol. The third-order valence-electron chi connectivity index (χ3n) is 3.79. The molecule has 0 aliphatic carbocycles. The molecule has 0 unspecified atom stereocenters. The lowest BCUT2D eigenvalue weighted by Gasteiger charge is -2.11. The van der Waals surface area contributed by atoms with Crippen molar-refractivity contribution >= 4 is 32.6 Å². The van der Waals surface area contributed by atoms with Crippen molar-refractivity contribution in [2.24, 2.45) is 0 Å². The van der Waals surface area contributed by atoms with Gasteiger partial charge in [0, 0.05) is 16.1 Å². The Kier molecular flexibility index (Phi) is 3.76. The molecule has 0 atom stereocenters. The minimum Gasteiger partial charge on any atom is -0.454 e. The van der Waals surface area contributed by atoms with Crippen molar-refractivity contribution in [3.63, 3.8) is 0 Å². The number of fused-ring (bicyclic) bond motifs is 1. The summed E-state index contributed by atoms with van der Waals surface area (Å²) in [5.74, 6) is 0.713. The molecule has 3 aromatic rings. The van der Waals surface area contributed by atoms with E-state index in [-0.39, 0.29) is 0 Å². The Hall–Kier alpha value is -1.75. The molecule has 4 nitrogen and oxygen atoms in total. The maximum absolute atomic E-state index is 6.12. The monoisotopic (exact) mass is 347 g/mol. The Morgan fingerprint density at radius 1 is 1.29 bits per heavy atom. The molecule has 0 aliphatic rings. The highest BCUT2D eigenvalue weighted by atomic mass is 79.9. The van der Waals surface area contributed by atoms with E-state index in [2.05, 4.69) is 34.9 Å². The molecule has 5 heteroatoms. The number of nitrogens with zero attached hydrogens (tertiary/aromatic N) is 2. The lowest BCUT2D eigenvalue weighted by atomic mass is 10.2. The van der Waals surface area contributed by atoms with Crippen molar-refractivity contribution in [2.75, 3.05) is 5.73 Å². The van der Waals surface area contributed by atoms with Crippen LogP contribution in [0.1, 0.15) is 32.7 Å². The van der Waals surface area contributed by atoms with E-state index < -0.39 is 0 Å². The van der Waals surface area contributed by atoms with Crippen LogP contribution in [0.3, 0.4) is 0 Å². The van der Waals surface area contributed by atoms with Crippen LogP contribution >= 0.6 is 15.9 Å². The van der Waals surface area contributed by atoms with Crippen LogP contribution < -0.4 is 5.73 Å². The summed E-state index contributed by atoms with van der Waals surface area (Å²) >= 11 is 3.47. The number of hydrogen-bond donors (Lipinski definition) is 1. The van der Waals surface area contributed by atoms with Gasteiger partial charge < -0.3 is 10.2 Å². The summed E-state index contributed by atoms with van der Waals surface area (Å²) in [5.41, 5.74) is 8.33. The minimum absolute atomic E-state index is 0.375. The lowest BCUT2D eigenvalue weighted by Crippen LogP contribution is -2.07. The molecule has 2 N–H and O–H groups in total. The van der Waals surface area contributed by atoms with Gasteiger partial charge in [-0.3, -0.25) is 4.68 Å². The first kappa shape index (κ1) is 14.2. The predicted molar refractivity (Wildman–Crippen MR) is 89.2 cm³/mol. The van der Waals surface area contributed by atoms with Gasteiger partial charge in [0.25, 0.3) is 0 Å². The first-order chi connectivity index (χ1) is 10.1. The number of anilines is 1. The molecule has 0 fully saturated rings. The Morgan fingerprint density at radius 2 is 2.05 bits per heavy atom. The summed E-state index contributed by atoms with van der Waals surface area (Å²) in [4.78, 5) is 0. The van der Waals surface area contributed by atoms with Crippen LogP contribution in [0.4, 0.5) is 5.69 Å². The zero-order valence-electron chi connectivity index (χ0n) is 12.1. The van der Waals surface area contributed by atoms with Crippen LogP contribution in [-0.4, -0.2) is 9.78 Å². The molecule has 21 heavy (non-hydrogen) atoms. The molecule has 2 aromatic heterocycles. The molecule has 1 aromatic carbocycles. The number of nitrogens with two attached hydrogens (primary N) is 1. The average Bonchev–Trinajstić information content (AvgIpc) is 3.03. The molecular formula is C16H18BrN3O. The maximum atomic E-state index is 6.12. The standard InChI is InChI=1S/C16H18BrN3O/c1-3-12(4-2)20-9-13(18)16(19-20)15-8-10-7-11(17)5-6-14(10)21-15/h5-9,12H,3-4,18H2,1-2H3. The van der Waals surface area contributed by atoms with Gasteiger partial charge in [-0.2, -0.15) is 5.10 Å². The number of nitrogen functional groups attached to an aromatic ring is 1. The van der Waals surface area contributed by atoms with Gasteiger partial charge in [0.1, 0.15) is 5.58 Å². The Balaban J connectivity index is 2.05.